The SMILES string of the molecule is CNC1CCN(C(=O)c2coc(Br)c2)CC1.Cl. The topological polar surface area (TPSA) is 45.5 Å². The number of hydrogen-bond donors (Lipinski definition) is 1. The van der Waals surface area contributed by atoms with Gasteiger partial charge >= 0.3 is 0 Å². The minimum Gasteiger partial charge on any atom is -0.457 e. The van der Waals surface area contributed by atoms with Crippen molar-refractivity contribution in [3.05, 3.63) is 22.6 Å². The zero-order valence-corrected chi connectivity index (χ0v) is 12.0. The lowest BCUT2D eigenvalue weighted by molar-refractivity contribution is 0.0706. The van der Waals surface area contributed by atoms with Crippen LogP contribution in [0.3, 0.4) is 0 Å². The number of halogens is 2. The minimum atomic E-state index is 0. The fraction of sp³-hybridized carbons (Fsp3) is 0.545. The molecule has 1 N–H and O–H groups in total. The second kappa shape index (κ2) is 6.42. The largest absolute Gasteiger partial charge is 0.457 e. The predicted molar refractivity (Wildman–Crippen MR) is 71.6 cm³/mol. The summed E-state index contributed by atoms with van der Waals surface area (Å²) in [5, 5.41) is 3.24. The Hall–Kier alpha value is -0.520. The highest BCUT2D eigenvalue weighted by molar-refractivity contribution is 9.10. The number of rotatable bonds is 2. The molecule has 1 saturated heterocycles. The lowest BCUT2D eigenvalue weighted by Gasteiger charge is -2.31. The summed E-state index contributed by atoms with van der Waals surface area (Å²) < 4.78 is 5.67. The smallest absolute Gasteiger partial charge is 0.257 e. The molecule has 0 atom stereocenters. The third-order valence-electron chi connectivity index (χ3n) is 3.00. The molecule has 0 bridgehead atoms. The molecule has 96 valence electrons. The Bertz CT molecular complexity index is 375. The van der Waals surface area contributed by atoms with Gasteiger partial charge < -0.3 is 14.6 Å². The third kappa shape index (κ3) is 3.47. The Morgan fingerprint density at radius 1 is 1.53 bits per heavy atom. The van der Waals surface area contributed by atoms with E-state index >= 15 is 0 Å². The van der Waals surface area contributed by atoms with Crippen LogP contribution in [-0.4, -0.2) is 37.0 Å². The second-order valence-corrected chi connectivity index (χ2v) is 4.78. The first-order valence-corrected chi connectivity index (χ1v) is 6.20. The van der Waals surface area contributed by atoms with Gasteiger partial charge in [0.2, 0.25) is 0 Å². The molecule has 0 radical (unpaired) electrons. The summed E-state index contributed by atoms with van der Waals surface area (Å²) in [4.78, 5) is 13.9. The Labute approximate surface area is 115 Å². The van der Waals surface area contributed by atoms with E-state index in [-0.39, 0.29) is 18.3 Å². The number of hydrogen-bond acceptors (Lipinski definition) is 3. The Kier molecular flexibility index (Phi) is 5.49. The van der Waals surface area contributed by atoms with Gasteiger partial charge in [-0.2, -0.15) is 0 Å². The van der Waals surface area contributed by atoms with Crippen LogP contribution < -0.4 is 5.32 Å². The van der Waals surface area contributed by atoms with E-state index in [0.29, 0.717) is 16.3 Å². The molecule has 1 fully saturated rings. The van der Waals surface area contributed by atoms with Gasteiger partial charge in [0.25, 0.3) is 5.91 Å². The molecule has 0 unspecified atom stereocenters. The number of carbonyl (C=O) groups excluding carboxylic acids is 1. The first-order chi connectivity index (χ1) is 7.70. The van der Waals surface area contributed by atoms with Crippen molar-refractivity contribution in [1.82, 2.24) is 10.2 Å². The Morgan fingerprint density at radius 2 is 2.18 bits per heavy atom. The molecule has 1 aliphatic rings. The number of amides is 1. The quantitative estimate of drug-likeness (QED) is 0.908. The maximum atomic E-state index is 12.0. The number of piperidine rings is 1. The molecular formula is C11H16BrClN2O2. The molecular weight excluding hydrogens is 307 g/mol. The molecule has 1 amide bonds. The van der Waals surface area contributed by atoms with Gasteiger partial charge in [-0.05, 0) is 35.8 Å². The Morgan fingerprint density at radius 3 is 2.65 bits per heavy atom. The van der Waals surface area contributed by atoms with Crippen molar-refractivity contribution < 1.29 is 9.21 Å². The fourth-order valence-electron chi connectivity index (χ4n) is 1.98. The third-order valence-corrected chi connectivity index (χ3v) is 3.42. The van der Waals surface area contributed by atoms with Crippen molar-refractivity contribution in [2.45, 2.75) is 18.9 Å². The summed E-state index contributed by atoms with van der Waals surface area (Å²) in [7, 11) is 1.97. The van der Waals surface area contributed by atoms with E-state index in [9.17, 15) is 4.79 Å². The summed E-state index contributed by atoms with van der Waals surface area (Å²) in [6.07, 6.45) is 3.53. The number of nitrogens with one attached hydrogen (secondary N) is 1. The van der Waals surface area contributed by atoms with Crippen LogP contribution in [0.1, 0.15) is 23.2 Å². The molecule has 1 aliphatic heterocycles. The number of nitrogens with zero attached hydrogens (tertiary/aromatic N) is 1. The van der Waals surface area contributed by atoms with Gasteiger partial charge in [0.15, 0.2) is 4.67 Å². The van der Waals surface area contributed by atoms with Gasteiger partial charge in [-0.15, -0.1) is 12.4 Å². The standard InChI is InChI=1S/C11H15BrN2O2.ClH/c1-13-9-2-4-14(5-3-9)11(15)8-6-10(12)16-7-8;/h6-7,9,13H,2-5H2,1H3;1H. The van der Waals surface area contributed by atoms with Crippen LogP contribution in [0, 0.1) is 0 Å². The molecule has 0 spiro atoms. The van der Waals surface area contributed by atoms with Gasteiger partial charge in [-0.1, -0.05) is 0 Å². The van der Waals surface area contributed by atoms with Crippen LogP contribution >= 0.6 is 28.3 Å². The molecule has 6 heteroatoms. The van der Waals surface area contributed by atoms with Crippen LogP contribution in [0.5, 0.6) is 0 Å². The van der Waals surface area contributed by atoms with Crippen molar-refractivity contribution in [3.8, 4) is 0 Å². The van der Waals surface area contributed by atoms with Crippen molar-refractivity contribution >= 4 is 34.2 Å². The average Bonchev–Trinajstić information content (AvgIpc) is 2.75. The molecule has 1 aromatic rings. The van der Waals surface area contributed by atoms with Crippen molar-refractivity contribution in [2.24, 2.45) is 0 Å². The van der Waals surface area contributed by atoms with E-state index in [0.717, 1.165) is 25.9 Å². The first kappa shape index (κ1) is 14.5. The van der Waals surface area contributed by atoms with E-state index in [1.807, 2.05) is 11.9 Å². The van der Waals surface area contributed by atoms with Crippen molar-refractivity contribution in [1.29, 1.82) is 0 Å². The predicted octanol–water partition coefficient (Wildman–Crippen LogP) is 2.29. The van der Waals surface area contributed by atoms with Gasteiger partial charge in [-0.3, -0.25) is 4.79 Å². The zero-order chi connectivity index (χ0) is 11.5. The van der Waals surface area contributed by atoms with E-state index in [2.05, 4.69) is 21.2 Å². The summed E-state index contributed by atoms with van der Waals surface area (Å²) in [5.41, 5.74) is 0.620. The summed E-state index contributed by atoms with van der Waals surface area (Å²) in [6.45, 7) is 1.63. The van der Waals surface area contributed by atoms with Gasteiger partial charge in [-0.25, -0.2) is 0 Å². The number of likely N-dealkylation sites (tertiary alicyclic amines) is 1. The first-order valence-electron chi connectivity index (χ1n) is 5.41. The minimum absolute atomic E-state index is 0. The lowest BCUT2D eigenvalue weighted by Crippen LogP contribution is -2.43. The van der Waals surface area contributed by atoms with E-state index in [4.69, 9.17) is 4.42 Å². The van der Waals surface area contributed by atoms with Crippen molar-refractivity contribution in [3.63, 3.8) is 0 Å². The zero-order valence-electron chi connectivity index (χ0n) is 9.61. The highest BCUT2D eigenvalue weighted by atomic mass is 79.9. The molecule has 17 heavy (non-hydrogen) atoms. The van der Waals surface area contributed by atoms with Gasteiger partial charge in [0, 0.05) is 25.2 Å². The fourth-order valence-corrected chi connectivity index (χ4v) is 2.32. The molecule has 0 saturated carbocycles. The maximum Gasteiger partial charge on any atom is 0.257 e. The normalized spacial score (nSPS) is 16.7. The molecule has 2 heterocycles. The van der Waals surface area contributed by atoms with E-state index in [1.165, 1.54) is 6.26 Å². The Balaban J connectivity index is 0.00000144. The lowest BCUT2D eigenvalue weighted by atomic mass is 10.0. The summed E-state index contributed by atoms with van der Waals surface area (Å²) >= 11 is 3.20. The highest BCUT2D eigenvalue weighted by Gasteiger charge is 2.23. The number of carbonyl (C=O) groups is 1. The molecule has 0 aromatic carbocycles. The highest BCUT2D eigenvalue weighted by Crippen LogP contribution is 2.18. The number of furan rings is 1. The van der Waals surface area contributed by atoms with E-state index in [1.54, 1.807) is 6.07 Å². The monoisotopic (exact) mass is 322 g/mol. The van der Waals surface area contributed by atoms with Crippen LogP contribution in [0.2, 0.25) is 0 Å². The van der Waals surface area contributed by atoms with E-state index < -0.39 is 0 Å². The van der Waals surface area contributed by atoms with Gasteiger partial charge in [0.1, 0.15) is 6.26 Å². The van der Waals surface area contributed by atoms with Crippen LogP contribution in [-0.2, 0) is 0 Å². The summed E-state index contributed by atoms with van der Waals surface area (Å²) in [6, 6.07) is 2.26. The van der Waals surface area contributed by atoms with Crippen LogP contribution in [0.15, 0.2) is 21.4 Å². The maximum absolute atomic E-state index is 12.0. The van der Waals surface area contributed by atoms with Crippen LogP contribution in [0.25, 0.3) is 0 Å². The second-order valence-electron chi connectivity index (χ2n) is 3.99. The molecule has 0 aliphatic carbocycles. The van der Waals surface area contributed by atoms with Gasteiger partial charge in [0.05, 0.1) is 5.56 Å². The molecule has 1 aromatic heterocycles. The van der Waals surface area contributed by atoms with Crippen LogP contribution in [0.4, 0.5) is 0 Å². The summed E-state index contributed by atoms with van der Waals surface area (Å²) in [5.74, 6) is 0.0593. The average molecular weight is 324 g/mol. The molecule has 2 rings (SSSR count). The van der Waals surface area contributed by atoms with Crippen molar-refractivity contribution in [2.75, 3.05) is 20.1 Å². The molecule has 4 nitrogen and oxygen atoms in total.